The molecule has 1 unspecified atom stereocenters. The van der Waals surface area contributed by atoms with E-state index in [9.17, 15) is 4.79 Å². The maximum Gasteiger partial charge on any atom is 0.225 e. The SMILES string of the molecule is C[C@H]1C[C@@H](C(=O)N2CCCC(COc3ccccc3Cl)C2)CCN1. The summed E-state index contributed by atoms with van der Waals surface area (Å²) >= 11 is 6.14. The molecule has 1 aromatic rings. The summed E-state index contributed by atoms with van der Waals surface area (Å²) in [4.78, 5) is 14.9. The number of piperidine rings is 2. The van der Waals surface area contributed by atoms with Crippen LogP contribution < -0.4 is 10.1 Å². The second-order valence-corrected chi connectivity index (χ2v) is 7.52. The summed E-state index contributed by atoms with van der Waals surface area (Å²) < 4.78 is 5.89. The van der Waals surface area contributed by atoms with E-state index in [1.54, 1.807) is 0 Å². The van der Waals surface area contributed by atoms with E-state index in [4.69, 9.17) is 16.3 Å². The number of amides is 1. The minimum atomic E-state index is 0.185. The molecule has 0 aliphatic carbocycles. The molecular weight excluding hydrogens is 324 g/mol. The molecular formula is C19H27ClN2O2. The molecule has 2 aliphatic heterocycles. The van der Waals surface area contributed by atoms with E-state index in [1.807, 2.05) is 24.3 Å². The summed E-state index contributed by atoms with van der Waals surface area (Å²) in [7, 11) is 0. The number of rotatable bonds is 4. The van der Waals surface area contributed by atoms with Crippen LogP contribution in [0.2, 0.25) is 5.02 Å². The summed E-state index contributed by atoms with van der Waals surface area (Å²) in [6, 6.07) is 8.00. The predicted octanol–water partition coefficient (Wildman–Crippen LogP) is 3.35. The lowest BCUT2D eigenvalue weighted by molar-refractivity contribution is -0.138. The van der Waals surface area contributed by atoms with Crippen LogP contribution >= 0.6 is 11.6 Å². The maximum atomic E-state index is 12.8. The van der Waals surface area contributed by atoms with E-state index in [1.165, 1.54) is 0 Å². The van der Waals surface area contributed by atoms with Crippen molar-refractivity contribution in [3.05, 3.63) is 29.3 Å². The van der Waals surface area contributed by atoms with Gasteiger partial charge in [-0.1, -0.05) is 23.7 Å². The fourth-order valence-corrected chi connectivity index (χ4v) is 3.98. The molecule has 1 N–H and O–H groups in total. The molecule has 24 heavy (non-hydrogen) atoms. The van der Waals surface area contributed by atoms with Crippen molar-refractivity contribution in [2.45, 2.75) is 38.6 Å². The highest BCUT2D eigenvalue weighted by Crippen LogP contribution is 2.26. The van der Waals surface area contributed by atoms with Crippen molar-refractivity contribution in [1.29, 1.82) is 0 Å². The molecule has 3 rings (SSSR count). The van der Waals surface area contributed by atoms with Gasteiger partial charge in [0.1, 0.15) is 5.75 Å². The number of carbonyl (C=O) groups is 1. The van der Waals surface area contributed by atoms with Crippen molar-refractivity contribution in [3.63, 3.8) is 0 Å². The van der Waals surface area contributed by atoms with Gasteiger partial charge in [-0.05, 0) is 51.3 Å². The molecule has 4 nitrogen and oxygen atoms in total. The molecule has 0 radical (unpaired) electrons. The Morgan fingerprint density at radius 3 is 3.00 bits per heavy atom. The van der Waals surface area contributed by atoms with Crippen LogP contribution in [0.15, 0.2) is 24.3 Å². The van der Waals surface area contributed by atoms with Gasteiger partial charge in [0, 0.05) is 31.0 Å². The molecule has 1 amide bonds. The minimum absolute atomic E-state index is 0.185. The van der Waals surface area contributed by atoms with E-state index in [0.717, 1.165) is 51.1 Å². The third kappa shape index (κ3) is 4.42. The number of likely N-dealkylation sites (tertiary alicyclic amines) is 1. The molecule has 2 saturated heterocycles. The molecule has 2 aliphatic rings. The fourth-order valence-electron chi connectivity index (χ4n) is 3.79. The van der Waals surface area contributed by atoms with Crippen LogP contribution in [-0.4, -0.2) is 43.1 Å². The number of para-hydroxylation sites is 1. The van der Waals surface area contributed by atoms with Gasteiger partial charge in [-0.15, -0.1) is 0 Å². The molecule has 0 bridgehead atoms. The Morgan fingerprint density at radius 2 is 2.21 bits per heavy atom. The van der Waals surface area contributed by atoms with Gasteiger partial charge >= 0.3 is 0 Å². The number of benzene rings is 1. The Hall–Kier alpha value is -1.26. The van der Waals surface area contributed by atoms with Gasteiger partial charge in [-0.25, -0.2) is 0 Å². The minimum Gasteiger partial charge on any atom is -0.492 e. The second kappa shape index (κ2) is 8.21. The smallest absolute Gasteiger partial charge is 0.225 e. The first-order valence-electron chi connectivity index (χ1n) is 9.03. The molecule has 2 fully saturated rings. The Balaban J connectivity index is 1.52. The number of ether oxygens (including phenoxy) is 1. The molecule has 0 aromatic heterocycles. The summed E-state index contributed by atoms with van der Waals surface area (Å²) in [6.07, 6.45) is 4.08. The quantitative estimate of drug-likeness (QED) is 0.905. The molecule has 0 saturated carbocycles. The van der Waals surface area contributed by atoms with Gasteiger partial charge in [0.05, 0.1) is 11.6 Å². The lowest BCUT2D eigenvalue weighted by Gasteiger charge is -2.37. The van der Waals surface area contributed by atoms with Gasteiger partial charge in [-0.3, -0.25) is 4.79 Å². The van der Waals surface area contributed by atoms with Crippen molar-refractivity contribution < 1.29 is 9.53 Å². The first-order chi connectivity index (χ1) is 11.6. The number of carbonyl (C=O) groups excluding carboxylic acids is 1. The van der Waals surface area contributed by atoms with Crippen molar-refractivity contribution in [1.82, 2.24) is 10.2 Å². The number of halogens is 1. The van der Waals surface area contributed by atoms with Crippen LogP contribution in [0.4, 0.5) is 0 Å². The van der Waals surface area contributed by atoms with Crippen LogP contribution in [0, 0.1) is 11.8 Å². The second-order valence-electron chi connectivity index (χ2n) is 7.11. The highest BCUT2D eigenvalue weighted by molar-refractivity contribution is 6.32. The zero-order valence-corrected chi connectivity index (χ0v) is 15.1. The van der Waals surface area contributed by atoms with Crippen LogP contribution in [0.25, 0.3) is 0 Å². The first kappa shape index (κ1) is 17.6. The summed E-state index contributed by atoms with van der Waals surface area (Å²) in [5, 5.41) is 4.06. The lowest BCUT2D eigenvalue weighted by Crippen LogP contribution is -2.48. The van der Waals surface area contributed by atoms with Crippen LogP contribution in [0.3, 0.4) is 0 Å². The number of hydrogen-bond donors (Lipinski definition) is 1. The van der Waals surface area contributed by atoms with Gasteiger partial charge in [0.25, 0.3) is 0 Å². The molecule has 1 aromatic carbocycles. The zero-order valence-electron chi connectivity index (χ0n) is 14.3. The number of hydrogen-bond acceptors (Lipinski definition) is 3. The zero-order chi connectivity index (χ0) is 16.9. The van der Waals surface area contributed by atoms with E-state index < -0.39 is 0 Å². The average Bonchev–Trinajstić information content (AvgIpc) is 2.61. The third-order valence-corrected chi connectivity index (χ3v) is 5.43. The molecule has 3 atom stereocenters. The fraction of sp³-hybridized carbons (Fsp3) is 0.632. The summed E-state index contributed by atoms with van der Waals surface area (Å²) in [5.41, 5.74) is 0. The van der Waals surface area contributed by atoms with E-state index in [-0.39, 0.29) is 5.92 Å². The first-order valence-corrected chi connectivity index (χ1v) is 9.41. The van der Waals surface area contributed by atoms with E-state index >= 15 is 0 Å². The van der Waals surface area contributed by atoms with Gasteiger partial charge in [0.2, 0.25) is 5.91 Å². The average molecular weight is 351 g/mol. The maximum absolute atomic E-state index is 12.8. The van der Waals surface area contributed by atoms with Gasteiger partial charge in [-0.2, -0.15) is 0 Å². The van der Waals surface area contributed by atoms with E-state index in [2.05, 4.69) is 17.1 Å². The standard InChI is InChI=1S/C19H27ClN2O2/c1-14-11-16(8-9-21-14)19(23)22-10-4-5-15(12-22)13-24-18-7-3-2-6-17(18)20/h2-3,6-7,14-16,21H,4-5,8-13H2,1H3/t14-,15?,16-/m0/s1. The largest absolute Gasteiger partial charge is 0.492 e. The van der Waals surface area contributed by atoms with Crippen LogP contribution in [-0.2, 0) is 4.79 Å². The Labute approximate surface area is 149 Å². The molecule has 2 heterocycles. The van der Waals surface area contributed by atoms with Gasteiger partial charge in [0.15, 0.2) is 0 Å². The van der Waals surface area contributed by atoms with Crippen molar-refractivity contribution in [2.24, 2.45) is 11.8 Å². The Kier molecular flexibility index (Phi) is 6.01. The summed E-state index contributed by atoms with van der Waals surface area (Å²) in [6.45, 7) is 5.43. The van der Waals surface area contributed by atoms with E-state index in [0.29, 0.717) is 29.5 Å². The van der Waals surface area contributed by atoms with Gasteiger partial charge < -0.3 is 15.0 Å². The number of nitrogens with zero attached hydrogens (tertiary/aromatic N) is 1. The van der Waals surface area contributed by atoms with Crippen molar-refractivity contribution >= 4 is 17.5 Å². The summed E-state index contributed by atoms with van der Waals surface area (Å²) in [5.74, 6) is 1.64. The van der Waals surface area contributed by atoms with Crippen LogP contribution in [0.1, 0.15) is 32.6 Å². The Morgan fingerprint density at radius 1 is 1.38 bits per heavy atom. The van der Waals surface area contributed by atoms with Crippen LogP contribution in [0.5, 0.6) is 5.75 Å². The monoisotopic (exact) mass is 350 g/mol. The molecule has 132 valence electrons. The van der Waals surface area contributed by atoms with Crippen molar-refractivity contribution in [2.75, 3.05) is 26.2 Å². The third-order valence-electron chi connectivity index (χ3n) is 5.11. The molecule has 5 heteroatoms. The highest BCUT2D eigenvalue weighted by Gasteiger charge is 2.31. The number of nitrogens with one attached hydrogen (secondary N) is 1. The topological polar surface area (TPSA) is 41.6 Å². The predicted molar refractivity (Wildman–Crippen MR) is 96.4 cm³/mol. The molecule has 0 spiro atoms. The normalized spacial score (nSPS) is 27.8. The Bertz CT molecular complexity index is 566. The lowest BCUT2D eigenvalue weighted by atomic mass is 9.90. The van der Waals surface area contributed by atoms with Crippen molar-refractivity contribution in [3.8, 4) is 5.75 Å². The highest BCUT2D eigenvalue weighted by atomic mass is 35.5.